The number of carboxylic acids is 1. The van der Waals surface area contributed by atoms with Crippen LogP contribution in [0.5, 0.6) is 0 Å². The van der Waals surface area contributed by atoms with Gasteiger partial charge in [0.1, 0.15) is 18.1 Å². The second-order valence-corrected chi connectivity index (χ2v) is 8.24. The van der Waals surface area contributed by atoms with E-state index in [0.29, 0.717) is 25.1 Å². The number of thioether (sulfide) groups is 1. The van der Waals surface area contributed by atoms with Crippen molar-refractivity contribution >= 4 is 54.0 Å². The summed E-state index contributed by atoms with van der Waals surface area (Å²) in [5.41, 5.74) is 10.9. The van der Waals surface area contributed by atoms with E-state index < -0.39 is 60.2 Å². The van der Waals surface area contributed by atoms with Gasteiger partial charge in [-0.25, -0.2) is 4.79 Å². The van der Waals surface area contributed by atoms with Gasteiger partial charge in [0, 0.05) is 12.3 Å². The molecule has 30 heavy (non-hydrogen) atoms. The molecule has 1 saturated heterocycles. The van der Waals surface area contributed by atoms with Crippen molar-refractivity contribution < 1.29 is 29.1 Å². The highest BCUT2D eigenvalue weighted by Crippen LogP contribution is 2.19. The third-order valence-electron chi connectivity index (χ3n) is 4.62. The summed E-state index contributed by atoms with van der Waals surface area (Å²) in [4.78, 5) is 61.7. The van der Waals surface area contributed by atoms with E-state index in [1.165, 1.54) is 16.7 Å². The summed E-state index contributed by atoms with van der Waals surface area (Å²) in [6.07, 6.45) is 2.40. The predicted molar refractivity (Wildman–Crippen MR) is 115 cm³/mol. The Hall–Kier alpha value is -1.99. The number of aliphatic carboxylic acids is 1. The van der Waals surface area contributed by atoms with Gasteiger partial charge in [0.05, 0.1) is 12.5 Å². The molecular formula is C17H29N5O6S2. The molecule has 0 spiro atoms. The highest BCUT2D eigenvalue weighted by molar-refractivity contribution is 7.98. The zero-order valence-corrected chi connectivity index (χ0v) is 18.4. The van der Waals surface area contributed by atoms with Crippen molar-refractivity contribution in [1.29, 1.82) is 0 Å². The Morgan fingerprint density at radius 3 is 2.43 bits per heavy atom. The van der Waals surface area contributed by atoms with Gasteiger partial charge < -0.3 is 32.1 Å². The molecule has 11 nitrogen and oxygen atoms in total. The summed E-state index contributed by atoms with van der Waals surface area (Å²) in [5, 5.41) is 14.0. The molecule has 1 heterocycles. The molecule has 4 unspecified atom stereocenters. The fourth-order valence-corrected chi connectivity index (χ4v) is 3.67. The molecule has 4 atom stereocenters. The summed E-state index contributed by atoms with van der Waals surface area (Å²) < 4.78 is 0. The number of hydrogen-bond donors (Lipinski definition) is 6. The van der Waals surface area contributed by atoms with Crippen molar-refractivity contribution in [3.8, 4) is 0 Å². The molecule has 7 N–H and O–H groups in total. The van der Waals surface area contributed by atoms with E-state index in [1.807, 2.05) is 0 Å². The van der Waals surface area contributed by atoms with Crippen molar-refractivity contribution in [3.63, 3.8) is 0 Å². The van der Waals surface area contributed by atoms with Crippen LogP contribution in [0.15, 0.2) is 0 Å². The van der Waals surface area contributed by atoms with Crippen molar-refractivity contribution in [2.45, 2.75) is 49.9 Å². The van der Waals surface area contributed by atoms with Crippen LogP contribution in [0, 0.1) is 0 Å². The number of nitrogens with two attached hydrogens (primary N) is 2. The van der Waals surface area contributed by atoms with Crippen molar-refractivity contribution in [2.24, 2.45) is 11.5 Å². The molecule has 0 saturated carbocycles. The zero-order chi connectivity index (χ0) is 22.8. The Labute approximate surface area is 184 Å². The molecular weight excluding hydrogens is 434 g/mol. The number of thiol groups is 1. The number of rotatable bonds is 12. The number of nitrogens with zero attached hydrogens (tertiary/aromatic N) is 1. The maximum atomic E-state index is 12.7. The van der Waals surface area contributed by atoms with Gasteiger partial charge in [-0.3, -0.25) is 19.2 Å². The maximum absolute atomic E-state index is 12.7. The lowest BCUT2D eigenvalue weighted by Crippen LogP contribution is -2.57. The lowest BCUT2D eigenvalue weighted by molar-refractivity contribution is -0.143. The summed E-state index contributed by atoms with van der Waals surface area (Å²) in [7, 11) is 0. The minimum Gasteiger partial charge on any atom is -0.480 e. The number of primary amides is 1. The molecule has 0 bridgehead atoms. The third-order valence-corrected chi connectivity index (χ3v) is 5.65. The first-order chi connectivity index (χ1) is 14.1. The maximum Gasteiger partial charge on any atom is 0.326 e. The van der Waals surface area contributed by atoms with Crippen LogP contribution in [0.2, 0.25) is 0 Å². The molecule has 0 aliphatic carbocycles. The fraction of sp³-hybridized carbons (Fsp3) is 0.706. The fourth-order valence-electron chi connectivity index (χ4n) is 3.04. The highest BCUT2D eigenvalue weighted by Gasteiger charge is 2.38. The van der Waals surface area contributed by atoms with E-state index in [0.717, 1.165) is 0 Å². The average Bonchev–Trinajstić information content (AvgIpc) is 3.18. The predicted octanol–water partition coefficient (Wildman–Crippen LogP) is -2.08. The normalized spacial score (nSPS) is 18.9. The van der Waals surface area contributed by atoms with Crippen LogP contribution in [-0.2, 0) is 24.0 Å². The van der Waals surface area contributed by atoms with Crippen LogP contribution in [0.4, 0.5) is 0 Å². The smallest absolute Gasteiger partial charge is 0.326 e. The molecule has 170 valence electrons. The van der Waals surface area contributed by atoms with Crippen LogP contribution in [0.1, 0.15) is 25.7 Å². The van der Waals surface area contributed by atoms with Gasteiger partial charge in [0.2, 0.25) is 23.6 Å². The first-order valence-electron chi connectivity index (χ1n) is 9.40. The largest absolute Gasteiger partial charge is 0.480 e. The quantitative estimate of drug-likeness (QED) is 0.178. The monoisotopic (exact) mass is 463 g/mol. The Morgan fingerprint density at radius 1 is 1.23 bits per heavy atom. The minimum atomic E-state index is -1.36. The molecule has 0 radical (unpaired) electrons. The number of hydrogen-bond acceptors (Lipinski definition) is 8. The van der Waals surface area contributed by atoms with Crippen LogP contribution >= 0.6 is 24.4 Å². The van der Waals surface area contributed by atoms with E-state index in [-0.39, 0.29) is 12.2 Å². The van der Waals surface area contributed by atoms with Gasteiger partial charge in [0.15, 0.2) is 0 Å². The van der Waals surface area contributed by atoms with Gasteiger partial charge >= 0.3 is 5.97 Å². The van der Waals surface area contributed by atoms with Crippen LogP contribution in [0.25, 0.3) is 0 Å². The van der Waals surface area contributed by atoms with Crippen molar-refractivity contribution in [2.75, 3.05) is 24.3 Å². The van der Waals surface area contributed by atoms with Crippen LogP contribution in [-0.4, -0.2) is 88.1 Å². The number of nitrogens with one attached hydrogen (secondary N) is 2. The number of carbonyl (C=O) groups excluding carboxylic acids is 4. The Balaban J connectivity index is 2.89. The minimum absolute atomic E-state index is 0.114. The number of amides is 4. The van der Waals surface area contributed by atoms with E-state index in [1.54, 1.807) is 6.26 Å². The highest BCUT2D eigenvalue weighted by atomic mass is 32.2. The summed E-state index contributed by atoms with van der Waals surface area (Å²) in [6, 6.07) is -4.24. The van der Waals surface area contributed by atoms with Gasteiger partial charge in [0.25, 0.3) is 0 Å². The number of carbonyl (C=O) groups is 5. The van der Waals surface area contributed by atoms with E-state index >= 15 is 0 Å². The van der Waals surface area contributed by atoms with Crippen LogP contribution < -0.4 is 22.1 Å². The number of likely N-dealkylation sites (tertiary alicyclic amines) is 1. The van der Waals surface area contributed by atoms with Crippen molar-refractivity contribution in [3.05, 3.63) is 0 Å². The topological polar surface area (TPSA) is 185 Å². The van der Waals surface area contributed by atoms with E-state index in [4.69, 9.17) is 11.5 Å². The second-order valence-electron chi connectivity index (χ2n) is 6.89. The third kappa shape index (κ3) is 7.69. The lowest BCUT2D eigenvalue weighted by atomic mass is 10.1. The van der Waals surface area contributed by atoms with Gasteiger partial charge in [-0.2, -0.15) is 24.4 Å². The molecule has 1 rings (SSSR count). The summed E-state index contributed by atoms with van der Waals surface area (Å²) in [5.74, 6) is -3.36. The van der Waals surface area contributed by atoms with E-state index in [9.17, 15) is 29.1 Å². The number of carboxylic acid groups (broad SMARTS) is 1. The van der Waals surface area contributed by atoms with E-state index in [2.05, 4.69) is 23.3 Å². The molecule has 0 aromatic rings. The molecule has 1 fully saturated rings. The molecule has 13 heteroatoms. The van der Waals surface area contributed by atoms with Gasteiger partial charge in [-0.05, 0) is 31.3 Å². The Bertz CT molecular complexity index is 665. The molecule has 0 aromatic heterocycles. The SMILES string of the molecule is CSCCC(NC(=O)C(CC(N)=O)NC(=O)C1CCCN1C(=O)C(N)CS)C(=O)O. The van der Waals surface area contributed by atoms with Gasteiger partial charge in [-0.15, -0.1) is 0 Å². The second kappa shape index (κ2) is 12.6. The molecule has 1 aliphatic rings. The molecule has 1 aliphatic heterocycles. The molecule has 0 aromatic carbocycles. The lowest BCUT2D eigenvalue weighted by Gasteiger charge is -2.28. The zero-order valence-electron chi connectivity index (χ0n) is 16.7. The Kier molecular flexibility index (Phi) is 11.0. The Morgan fingerprint density at radius 2 is 1.90 bits per heavy atom. The summed E-state index contributed by atoms with van der Waals surface area (Å²) >= 11 is 5.41. The summed E-state index contributed by atoms with van der Waals surface area (Å²) in [6.45, 7) is 0.334. The van der Waals surface area contributed by atoms with Crippen LogP contribution in [0.3, 0.4) is 0 Å². The van der Waals surface area contributed by atoms with Gasteiger partial charge in [-0.1, -0.05) is 0 Å². The first-order valence-corrected chi connectivity index (χ1v) is 11.4. The standard InChI is InChI=1S/C17H29N5O6S2/c1-30-6-4-10(17(27)28)20-14(24)11(7-13(19)23)21-15(25)12-3-2-5-22(12)16(26)9(18)8-29/h9-12,29H,2-8,18H2,1H3,(H2,19,23)(H,20,24)(H,21,25)(H,27,28). The van der Waals surface area contributed by atoms with Crippen molar-refractivity contribution in [1.82, 2.24) is 15.5 Å². The first kappa shape index (κ1) is 26.0. The molecule has 4 amide bonds. The average molecular weight is 464 g/mol.